The van der Waals surface area contributed by atoms with Crippen molar-refractivity contribution in [3.05, 3.63) is 41.2 Å². The van der Waals surface area contributed by atoms with E-state index in [1.54, 1.807) is 18.2 Å². The van der Waals surface area contributed by atoms with Crippen LogP contribution in [0, 0.1) is 5.82 Å². The summed E-state index contributed by atoms with van der Waals surface area (Å²) in [4.78, 5) is 10.5. The molecule has 13 heavy (non-hydrogen) atoms. The van der Waals surface area contributed by atoms with Crippen LogP contribution in [0.4, 0.5) is 4.39 Å². The number of halogens is 1. The summed E-state index contributed by atoms with van der Waals surface area (Å²) in [5, 5.41) is 0. The van der Waals surface area contributed by atoms with Crippen molar-refractivity contribution in [3.8, 4) is 0 Å². The smallest absolute Gasteiger partial charge is 0.146 e. The molecule has 0 aromatic heterocycles. The van der Waals surface area contributed by atoms with Crippen LogP contribution >= 0.6 is 0 Å². The molecule has 0 bridgehead atoms. The van der Waals surface area contributed by atoms with Crippen LogP contribution < -0.4 is 0 Å². The minimum atomic E-state index is -0.263. The Morgan fingerprint density at radius 2 is 2.00 bits per heavy atom. The molecular weight excluding hydrogens is 167 g/mol. The van der Waals surface area contributed by atoms with E-state index in [9.17, 15) is 9.18 Å². The second kappa shape index (κ2) is 4.55. The van der Waals surface area contributed by atoms with E-state index in [-0.39, 0.29) is 5.82 Å². The number of benzene rings is 1. The van der Waals surface area contributed by atoms with Crippen LogP contribution in [-0.2, 0) is 4.79 Å². The highest BCUT2D eigenvalue weighted by molar-refractivity contribution is 5.81. The molecular formula is C11H11FO. The number of aldehydes is 1. The lowest BCUT2D eigenvalue weighted by molar-refractivity contribution is -0.104. The van der Waals surface area contributed by atoms with E-state index < -0.39 is 0 Å². The highest BCUT2D eigenvalue weighted by atomic mass is 19.1. The summed E-state index contributed by atoms with van der Waals surface area (Å²) in [5.74, 6) is -0.263. The fourth-order valence-electron chi connectivity index (χ4n) is 0.992. The van der Waals surface area contributed by atoms with E-state index in [1.807, 2.05) is 6.92 Å². The average molecular weight is 178 g/mol. The summed E-state index contributed by atoms with van der Waals surface area (Å²) in [5.41, 5.74) is 1.57. The first kappa shape index (κ1) is 9.65. The predicted molar refractivity (Wildman–Crippen MR) is 50.7 cm³/mol. The Morgan fingerprint density at radius 1 is 1.38 bits per heavy atom. The molecule has 0 N–H and O–H groups in total. The van der Waals surface area contributed by atoms with E-state index in [4.69, 9.17) is 0 Å². The van der Waals surface area contributed by atoms with Crippen molar-refractivity contribution < 1.29 is 9.18 Å². The van der Waals surface area contributed by atoms with E-state index in [1.165, 1.54) is 12.1 Å². The van der Waals surface area contributed by atoms with Gasteiger partial charge in [-0.05, 0) is 35.8 Å². The van der Waals surface area contributed by atoms with Crippen LogP contribution in [-0.4, -0.2) is 6.29 Å². The van der Waals surface area contributed by atoms with Gasteiger partial charge in [-0.3, -0.25) is 4.79 Å². The van der Waals surface area contributed by atoms with E-state index in [0.717, 1.165) is 11.8 Å². The topological polar surface area (TPSA) is 17.1 Å². The quantitative estimate of drug-likeness (QED) is 0.513. The first-order chi connectivity index (χ1) is 6.26. The third-order valence-corrected chi connectivity index (χ3v) is 1.78. The standard InChI is InChI=1S/C11H11FO/c1-2-9(8-13)7-10-3-5-11(12)6-4-10/h3-8H,2H2,1H3/b9-7+. The number of hydrogen-bond donors (Lipinski definition) is 0. The Hall–Kier alpha value is -1.44. The normalized spacial score (nSPS) is 11.4. The lowest BCUT2D eigenvalue weighted by atomic mass is 10.1. The van der Waals surface area contributed by atoms with Gasteiger partial charge in [0.1, 0.15) is 12.1 Å². The highest BCUT2D eigenvalue weighted by Crippen LogP contribution is 2.08. The van der Waals surface area contributed by atoms with Gasteiger partial charge in [0.25, 0.3) is 0 Å². The van der Waals surface area contributed by atoms with Gasteiger partial charge in [0.05, 0.1) is 0 Å². The Balaban J connectivity index is 2.90. The molecule has 0 spiro atoms. The zero-order chi connectivity index (χ0) is 9.68. The maximum atomic E-state index is 12.5. The summed E-state index contributed by atoms with van der Waals surface area (Å²) in [7, 11) is 0. The van der Waals surface area contributed by atoms with E-state index in [0.29, 0.717) is 12.0 Å². The molecule has 0 radical (unpaired) electrons. The molecule has 1 aromatic rings. The maximum absolute atomic E-state index is 12.5. The van der Waals surface area contributed by atoms with Crippen LogP contribution in [0.5, 0.6) is 0 Å². The summed E-state index contributed by atoms with van der Waals surface area (Å²) < 4.78 is 12.5. The van der Waals surface area contributed by atoms with Gasteiger partial charge in [-0.1, -0.05) is 19.1 Å². The highest BCUT2D eigenvalue weighted by Gasteiger charge is 1.93. The van der Waals surface area contributed by atoms with Crippen molar-refractivity contribution in [1.29, 1.82) is 0 Å². The Labute approximate surface area is 76.9 Å². The van der Waals surface area contributed by atoms with Gasteiger partial charge < -0.3 is 0 Å². The van der Waals surface area contributed by atoms with Gasteiger partial charge in [-0.15, -0.1) is 0 Å². The number of allylic oxidation sites excluding steroid dienone is 1. The molecule has 0 saturated heterocycles. The molecule has 0 aliphatic heterocycles. The lowest BCUT2D eigenvalue weighted by Crippen LogP contribution is -1.82. The third-order valence-electron chi connectivity index (χ3n) is 1.78. The van der Waals surface area contributed by atoms with Crippen LogP contribution in [0.25, 0.3) is 6.08 Å². The van der Waals surface area contributed by atoms with Gasteiger partial charge >= 0.3 is 0 Å². The van der Waals surface area contributed by atoms with Crippen LogP contribution in [0.1, 0.15) is 18.9 Å². The zero-order valence-electron chi connectivity index (χ0n) is 7.46. The van der Waals surface area contributed by atoms with E-state index >= 15 is 0 Å². The molecule has 1 nitrogen and oxygen atoms in total. The molecule has 0 atom stereocenters. The molecule has 1 rings (SSSR count). The van der Waals surface area contributed by atoms with Gasteiger partial charge in [-0.2, -0.15) is 0 Å². The number of hydrogen-bond acceptors (Lipinski definition) is 1. The van der Waals surface area contributed by atoms with Gasteiger partial charge in [-0.25, -0.2) is 4.39 Å². The van der Waals surface area contributed by atoms with Crippen LogP contribution in [0.3, 0.4) is 0 Å². The molecule has 0 saturated carbocycles. The van der Waals surface area contributed by atoms with Crippen molar-refractivity contribution in [2.75, 3.05) is 0 Å². The fourth-order valence-corrected chi connectivity index (χ4v) is 0.992. The van der Waals surface area contributed by atoms with Gasteiger partial charge in [0, 0.05) is 0 Å². The molecule has 0 amide bonds. The number of rotatable bonds is 3. The van der Waals surface area contributed by atoms with Crippen LogP contribution in [0.2, 0.25) is 0 Å². The Morgan fingerprint density at radius 3 is 2.46 bits per heavy atom. The molecule has 0 aliphatic carbocycles. The second-order valence-corrected chi connectivity index (χ2v) is 2.74. The Kier molecular flexibility index (Phi) is 3.38. The second-order valence-electron chi connectivity index (χ2n) is 2.74. The minimum absolute atomic E-state index is 0.263. The summed E-state index contributed by atoms with van der Waals surface area (Å²) in [6.45, 7) is 1.91. The monoisotopic (exact) mass is 178 g/mol. The first-order valence-electron chi connectivity index (χ1n) is 4.17. The number of carbonyl (C=O) groups excluding carboxylic acids is 1. The average Bonchev–Trinajstić information content (AvgIpc) is 2.17. The Bertz CT molecular complexity index is 311. The summed E-state index contributed by atoms with van der Waals surface area (Å²) in [6, 6.07) is 6.05. The molecule has 68 valence electrons. The third kappa shape index (κ3) is 2.82. The SMILES string of the molecule is CC/C(C=O)=C\c1ccc(F)cc1. The predicted octanol–water partition coefficient (Wildman–Crippen LogP) is 2.82. The molecule has 0 unspecified atom stereocenters. The summed E-state index contributed by atoms with van der Waals surface area (Å²) in [6.07, 6.45) is 3.27. The first-order valence-corrected chi connectivity index (χ1v) is 4.17. The zero-order valence-corrected chi connectivity index (χ0v) is 7.46. The molecule has 2 heteroatoms. The maximum Gasteiger partial charge on any atom is 0.146 e. The van der Waals surface area contributed by atoms with Crippen molar-refractivity contribution in [2.24, 2.45) is 0 Å². The van der Waals surface area contributed by atoms with Gasteiger partial charge in [0.2, 0.25) is 0 Å². The molecule has 0 aliphatic rings. The van der Waals surface area contributed by atoms with Crippen molar-refractivity contribution in [1.82, 2.24) is 0 Å². The summed E-state index contributed by atoms with van der Waals surface area (Å²) >= 11 is 0. The molecule has 0 fully saturated rings. The van der Waals surface area contributed by atoms with E-state index in [2.05, 4.69) is 0 Å². The number of carbonyl (C=O) groups is 1. The molecule has 1 aromatic carbocycles. The lowest BCUT2D eigenvalue weighted by Gasteiger charge is -1.95. The minimum Gasteiger partial charge on any atom is -0.298 e. The van der Waals surface area contributed by atoms with Crippen LogP contribution in [0.15, 0.2) is 29.8 Å². The van der Waals surface area contributed by atoms with Crippen molar-refractivity contribution in [2.45, 2.75) is 13.3 Å². The van der Waals surface area contributed by atoms with Crippen molar-refractivity contribution in [3.63, 3.8) is 0 Å². The fraction of sp³-hybridized carbons (Fsp3) is 0.182. The van der Waals surface area contributed by atoms with Crippen molar-refractivity contribution >= 4 is 12.4 Å². The molecule has 0 heterocycles. The van der Waals surface area contributed by atoms with Gasteiger partial charge in [0.15, 0.2) is 0 Å². The largest absolute Gasteiger partial charge is 0.298 e.